The molecule has 2 heterocycles. The summed E-state index contributed by atoms with van der Waals surface area (Å²) in [5.74, 6) is -0.0250. The van der Waals surface area contributed by atoms with E-state index in [0.717, 1.165) is 54.6 Å². The molecule has 1 N–H and O–H groups in total. The van der Waals surface area contributed by atoms with Crippen LogP contribution in [-0.4, -0.2) is 40.2 Å². The molecule has 0 fully saturated rings. The first-order chi connectivity index (χ1) is 16.6. The van der Waals surface area contributed by atoms with Crippen LogP contribution in [0.15, 0.2) is 72.8 Å². The molecule has 174 valence electrons. The molecule has 3 aromatic carbocycles. The van der Waals surface area contributed by atoms with Gasteiger partial charge in [-0.05, 0) is 49.1 Å². The summed E-state index contributed by atoms with van der Waals surface area (Å²) in [5.41, 5.74) is 5.63. The Kier molecular flexibility index (Phi) is 6.66. The minimum atomic E-state index is -0.428. The van der Waals surface area contributed by atoms with E-state index in [-0.39, 0.29) is 5.91 Å². The van der Waals surface area contributed by atoms with Gasteiger partial charge in [0.2, 0.25) is 5.91 Å². The van der Waals surface area contributed by atoms with Crippen LogP contribution in [0.25, 0.3) is 22.2 Å². The molecular weight excluding hydrogens is 444 g/mol. The smallest absolute Gasteiger partial charge is 0.244 e. The number of aromatic nitrogens is 2. The van der Waals surface area contributed by atoms with E-state index in [4.69, 9.17) is 16.7 Å². The topological polar surface area (TPSA) is 50.2 Å². The summed E-state index contributed by atoms with van der Waals surface area (Å²) in [4.78, 5) is 15.5. The van der Waals surface area contributed by atoms with Gasteiger partial charge in [0.05, 0.1) is 5.52 Å². The lowest BCUT2D eigenvalue weighted by Gasteiger charge is -2.28. The maximum absolute atomic E-state index is 13.0. The summed E-state index contributed by atoms with van der Waals surface area (Å²) in [6, 6.07) is 24.0. The third-order valence-electron chi connectivity index (χ3n) is 6.62. The summed E-state index contributed by atoms with van der Waals surface area (Å²) in [6.45, 7) is 5.59. The largest absolute Gasteiger partial charge is 0.354 e. The second kappa shape index (κ2) is 10.00. The van der Waals surface area contributed by atoms with Gasteiger partial charge in [0.15, 0.2) is 0 Å². The van der Waals surface area contributed by atoms with Crippen LogP contribution in [0.4, 0.5) is 0 Å². The highest BCUT2D eigenvalue weighted by Crippen LogP contribution is 2.31. The van der Waals surface area contributed by atoms with Gasteiger partial charge in [0.25, 0.3) is 0 Å². The molecule has 1 aliphatic rings. The molecule has 0 spiro atoms. The third-order valence-corrected chi connectivity index (χ3v) is 6.86. The predicted molar refractivity (Wildman–Crippen MR) is 138 cm³/mol. The molecule has 34 heavy (non-hydrogen) atoms. The second-order valence-corrected chi connectivity index (χ2v) is 9.37. The molecule has 0 bridgehead atoms. The number of carbonyl (C=O) groups is 1. The normalized spacial score (nSPS) is 14.6. The van der Waals surface area contributed by atoms with Crippen molar-refractivity contribution >= 4 is 28.4 Å². The summed E-state index contributed by atoms with van der Waals surface area (Å²) >= 11 is 6.29. The van der Waals surface area contributed by atoms with Crippen molar-refractivity contribution in [3.8, 4) is 11.3 Å². The van der Waals surface area contributed by atoms with Gasteiger partial charge in [0, 0.05) is 42.2 Å². The van der Waals surface area contributed by atoms with Gasteiger partial charge in [-0.15, -0.1) is 0 Å². The van der Waals surface area contributed by atoms with Gasteiger partial charge in [-0.2, -0.15) is 5.10 Å². The maximum atomic E-state index is 13.0. The van der Waals surface area contributed by atoms with Crippen LogP contribution < -0.4 is 5.32 Å². The fourth-order valence-electron chi connectivity index (χ4n) is 4.74. The molecule has 1 amide bonds. The van der Waals surface area contributed by atoms with E-state index >= 15 is 0 Å². The Labute approximate surface area is 205 Å². The van der Waals surface area contributed by atoms with Crippen LogP contribution in [0.3, 0.4) is 0 Å². The van der Waals surface area contributed by atoms with E-state index in [9.17, 15) is 4.79 Å². The number of hydrogen-bond donors (Lipinski definition) is 1. The van der Waals surface area contributed by atoms with Gasteiger partial charge < -0.3 is 5.32 Å². The van der Waals surface area contributed by atoms with Crippen molar-refractivity contribution in [2.45, 2.75) is 32.4 Å². The quantitative estimate of drug-likeness (QED) is 0.362. The maximum Gasteiger partial charge on any atom is 0.244 e. The van der Waals surface area contributed by atoms with E-state index < -0.39 is 6.04 Å². The number of hydrogen-bond acceptors (Lipinski definition) is 3. The van der Waals surface area contributed by atoms with Crippen molar-refractivity contribution in [2.24, 2.45) is 0 Å². The lowest BCUT2D eigenvalue weighted by molar-refractivity contribution is -0.124. The standard InChI is InChI=1S/C28H29ClN4O/c1-20(28(34)30-15-7-16-32-17-14-21-8-5-6-11-23(21)19-32)33-26-13-12-24(29)18-25(26)27(31-33)22-9-3-2-4-10-22/h2-6,8-13,18,20H,7,14-17,19H2,1H3,(H,30,34). The monoisotopic (exact) mass is 472 g/mol. The Morgan fingerprint density at radius 2 is 1.82 bits per heavy atom. The van der Waals surface area contributed by atoms with E-state index in [1.54, 1.807) is 0 Å². The molecule has 1 aromatic heterocycles. The molecular formula is C28H29ClN4O. The van der Waals surface area contributed by atoms with Crippen LogP contribution in [0.2, 0.25) is 5.02 Å². The van der Waals surface area contributed by atoms with E-state index in [1.807, 2.05) is 60.1 Å². The number of nitrogens with zero attached hydrogens (tertiary/aromatic N) is 3. The van der Waals surface area contributed by atoms with Gasteiger partial charge in [0.1, 0.15) is 11.7 Å². The van der Waals surface area contributed by atoms with Gasteiger partial charge in [-0.3, -0.25) is 14.4 Å². The van der Waals surface area contributed by atoms with Crippen molar-refractivity contribution in [3.05, 3.63) is 88.9 Å². The Morgan fingerprint density at radius 1 is 1.06 bits per heavy atom. The highest BCUT2D eigenvalue weighted by molar-refractivity contribution is 6.31. The van der Waals surface area contributed by atoms with Crippen LogP contribution in [0.1, 0.15) is 30.5 Å². The van der Waals surface area contributed by atoms with Gasteiger partial charge in [-0.25, -0.2) is 0 Å². The summed E-state index contributed by atoms with van der Waals surface area (Å²) in [6.07, 6.45) is 2.02. The minimum absolute atomic E-state index is 0.0250. The number of amides is 1. The second-order valence-electron chi connectivity index (χ2n) is 8.94. The lowest BCUT2D eigenvalue weighted by Crippen LogP contribution is -2.35. The first-order valence-corrected chi connectivity index (χ1v) is 12.3. The molecule has 0 saturated carbocycles. The fraction of sp³-hybridized carbons (Fsp3) is 0.286. The number of carbonyl (C=O) groups excluding carboxylic acids is 1. The number of rotatable bonds is 7. The number of nitrogens with one attached hydrogen (secondary N) is 1. The molecule has 1 atom stereocenters. The molecule has 1 unspecified atom stereocenters. The minimum Gasteiger partial charge on any atom is -0.354 e. The first kappa shape index (κ1) is 22.6. The van der Waals surface area contributed by atoms with Crippen LogP contribution in [0.5, 0.6) is 0 Å². The third kappa shape index (κ3) is 4.72. The Balaban J connectivity index is 1.23. The summed E-state index contributed by atoms with van der Waals surface area (Å²) in [5, 5.41) is 9.55. The highest BCUT2D eigenvalue weighted by atomic mass is 35.5. The van der Waals surface area contributed by atoms with E-state index in [0.29, 0.717) is 11.6 Å². The van der Waals surface area contributed by atoms with Crippen molar-refractivity contribution in [3.63, 3.8) is 0 Å². The SMILES string of the molecule is CC(C(=O)NCCCN1CCc2ccccc2C1)n1nc(-c2ccccc2)c2cc(Cl)ccc21. The molecule has 0 saturated heterocycles. The average molecular weight is 473 g/mol. The fourth-order valence-corrected chi connectivity index (χ4v) is 4.91. The molecule has 0 radical (unpaired) electrons. The van der Waals surface area contributed by atoms with E-state index in [1.165, 1.54) is 11.1 Å². The molecule has 1 aliphatic heterocycles. The van der Waals surface area contributed by atoms with Gasteiger partial charge in [-0.1, -0.05) is 66.2 Å². The Hall–Kier alpha value is -3.15. The zero-order valence-corrected chi connectivity index (χ0v) is 20.1. The van der Waals surface area contributed by atoms with Crippen molar-refractivity contribution in [2.75, 3.05) is 19.6 Å². The highest BCUT2D eigenvalue weighted by Gasteiger charge is 2.21. The van der Waals surface area contributed by atoms with Crippen molar-refractivity contribution < 1.29 is 4.79 Å². The predicted octanol–water partition coefficient (Wildman–Crippen LogP) is 5.48. The number of fused-ring (bicyclic) bond motifs is 2. The zero-order valence-electron chi connectivity index (χ0n) is 19.4. The van der Waals surface area contributed by atoms with Crippen LogP contribution in [0, 0.1) is 0 Å². The van der Waals surface area contributed by atoms with Crippen molar-refractivity contribution in [1.82, 2.24) is 20.0 Å². The van der Waals surface area contributed by atoms with Crippen LogP contribution >= 0.6 is 11.6 Å². The summed E-state index contributed by atoms with van der Waals surface area (Å²) in [7, 11) is 0. The molecule has 4 aromatic rings. The molecule has 6 heteroatoms. The number of halogens is 1. The van der Waals surface area contributed by atoms with Crippen LogP contribution in [-0.2, 0) is 17.8 Å². The molecule has 5 rings (SSSR count). The summed E-state index contributed by atoms with van der Waals surface area (Å²) < 4.78 is 1.81. The Bertz CT molecular complexity index is 1300. The van der Waals surface area contributed by atoms with Crippen molar-refractivity contribution in [1.29, 1.82) is 0 Å². The molecule has 5 nitrogen and oxygen atoms in total. The Morgan fingerprint density at radius 3 is 2.65 bits per heavy atom. The average Bonchev–Trinajstić information content (AvgIpc) is 3.25. The molecule has 0 aliphatic carbocycles. The van der Waals surface area contributed by atoms with Gasteiger partial charge >= 0.3 is 0 Å². The van der Waals surface area contributed by atoms with E-state index in [2.05, 4.69) is 34.5 Å². The lowest BCUT2D eigenvalue weighted by atomic mass is 10.00. The number of benzene rings is 3. The first-order valence-electron chi connectivity index (χ1n) is 11.9. The zero-order chi connectivity index (χ0) is 23.5.